The molecule has 0 spiro atoms. The third-order valence-electron chi connectivity index (χ3n) is 5.44. The molecular formula is C25H32ClFN2O3S. The molecule has 0 aromatic heterocycles. The van der Waals surface area contributed by atoms with E-state index in [2.05, 4.69) is 5.32 Å². The van der Waals surface area contributed by atoms with E-state index in [4.69, 9.17) is 38.0 Å². The molecule has 0 saturated carbocycles. The van der Waals surface area contributed by atoms with Crippen LogP contribution in [-0.4, -0.2) is 49.0 Å². The van der Waals surface area contributed by atoms with Gasteiger partial charge in [0, 0.05) is 36.8 Å². The molecule has 3 rings (SSSR count). The molecule has 5 nitrogen and oxygen atoms in total. The molecule has 0 bridgehead atoms. The highest BCUT2D eigenvalue weighted by Gasteiger charge is 2.22. The van der Waals surface area contributed by atoms with Crippen molar-refractivity contribution < 1.29 is 18.6 Å². The Morgan fingerprint density at radius 3 is 2.70 bits per heavy atom. The van der Waals surface area contributed by atoms with E-state index >= 15 is 0 Å². The molecule has 1 aliphatic heterocycles. The van der Waals surface area contributed by atoms with Gasteiger partial charge < -0.3 is 24.4 Å². The number of rotatable bonds is 11. The smallest absolute Gasteiger partial charge is 0.169 e. The Morgan fingerprint density at radius 1 is 1.21 bits per heavy atom. The van der Waals surface area contributed by atoms with Crippen molar-refractivity contribution in [3.63, 3.8) is 0 Å². The van der Waals surface area contributed by atoms with E-state index in [0.717, 1.165) is 42.9 Å². The van der Waals surface area contributed by atoms with Gasteiger partial charge in [-0.2, -0.15) is 0 Å². The molecule has 1 fully saturated rings. The molecule has 1 heterocycles. The third kappa shape index (κ3) is 7.45. The summed E-state index contributed by atoms with van der Waals surface area (Å²) in [6.45, 7) is 7.32. The molecule has 8 heteroatoms. The minimum Gasteiger partial charge on any atom is -0.490 e. The quantitative estimate of drug-likeness (QED) is 0.423. The van der Waals surface area contributed by atoms with Crippen LogP contribution in [-0.2, 0) is 17.7 Å². The van der Waals surface area contributed by atoms with Crippen molar-refractivity contribution in [1.29, 1.82) is 0 Å². The minimum absolute atomic E-state index is 0.0789. The van der Waals surface area contributed by atoms with Crippen LogP contribution in [0.2, 0.25) is 5.02 Å². The number of ether oxygens (including phenoxy) is 3. The monoisotopic (exact) mass is 494 g/mol. The van der Waals surface area contributed by atoms with Gasteiger partial charge in [-0.3, -0.25) is 0 Å². The first-order valence-electron chi connectivity index (χ1n) is 11.5. The lowest BCUT2D eigenvalue weighted by atomic mass is 10.1. The van der Waals surface area contributed by atoms with Crippen molar-refractivity contribution in [2.24, 2.45) is 0 Å². The van der Waals surface area contributed by atoms with E-state index in [9.17, 15) is 4.39 Å². The first kappa shape index (κ1) is 25.5. The molecule has 0 radical (unpaired) electrons. The first-order valence-corrected chi connectivity index (χ1v) is 12.3. The van der Waals surface area contributed by atoms with E-state index in [0.29, 0.717) is 42.0 Å². The summed E-state index contributed by atoms with van der Waals surface area (Å²) in [6, 6.07) is 10.7. The lowest BCUT2D eigenvalue weighted by Crippen LogP contribution is -2.43. The Labute approximate surface area is 206 Å². The van der Waals surface area contributed by atoms with Gasteiger partial charge in [-0.1, -0.05) is 23.7 Å². The zero-order chi connectivity index (χ0) is 23.6. The van der Waals surface area contributed by atoms with Gasteiger partial charge in [0.05, 0.1) is 19.3 Å². The molecule has 180 valence electrons. The maximum absolute atomic E-state index is 14.4. The lowest BCUT2D eigenvalue weighted by molar-refractivity contribution is 0.0895. The Bertz CT molecular complexity index is 904. The average molecular weight is 495 g/mol. The molecule has 0 unspecified atom stereocenters. The van der Waals surface area contributed by atoms with E-state index < -0.39 is 0 Å². The largest absolute Gasteiger partial charge is 0.490 e. The van der Waals surface area contributed by atoms with Gasteiger partial charge in [0.1, 0.15) is 5.82 Å². The predicted octanol–water partition coefficient (Wildman–Crippen LogP) is 5.37. The molecule has 0 amide bonds. The highest BCUT2D eigenvalue weighted by Crippen LogP contribution is 2.28. The van der Waals surface area contributed by atoms with Crippen molar-refractivity contribution >= 4 is 28.9 Å². The molecule has 2 aromatic rings. The summed E-state index contributed by atoms with van der Waals surface area (Å²) >= 11 is 12.0. The first-order chi connectivity index (χ1) is 16.0. The van der Waals surface area contributed by atoms with Crippen LogP contribution in [0.1, 0.15) is 37.8 Å². The summed E-state index contributed by atoms with van der Waals surface area (Å²) in [5, 5.41) is 4.27. The SMILES string of the molecule is CCOc1ccc(CCNC(=S)N(Cc2c(F)cccc2Cl)C[C@H]2CCCO2)cc1OCC. The zero-order valence-corrected chi connectivity index (χ0v) is 20.8. The normalized spacial score (nSPS) is 15.3. The number of nitrogens with one attached hydrogen (secondary N) is 1. The Hall–Kier alpha value is -2.09. The maximum Gasteiger partial charge on any atom is 0.169 e. The van der Waals surface area contributed by atoms with Crippen LogP contribution >= 0.6 is 23.8 Å². The molecule has 1 aliphatic rings. The molecule has 2 aromatic carbocycles. The molecule has 0 aliphatic carbocycles. The van der Waals surface area contributed by atoms with Crippen molar-refractivity contribution in [3.8, 4) is 11.5 Å². The van der Waals surface area contributed by atoms with Crippen LogP contribution in [0.5, 0.6) is 11.5 Å². The van der Waals surface area contributed by atoms with Crippen LogP contribution < -0.4 is 14.8 Å². The van der Waals surface area contributed by atoms with E-state index in [-0.39, 0.29) is 18.5 Å². The lowest BCUT2D eigenvalue weighted by Gasteiger charge is -2.29. The number of benzene rings is 2. The number of hydrogen-bond acceptors (Lipinski definition) is 4. The van der Waals surface area contributed by atoms with E-state index in [1.54, 1.807) is 12.1 Å². The van der Waals surface area contributed by atoms with Gasteiger partial charge in [0.2, 0.25) is 0 Å². The molecule has 1 N–H and O–H groups in total. The number of thiocarbonyl (C=S) groups is 1. The van der Waals surface area contributed by atoms with E-state index in [1.807, 2.05) is 36.9 Å². The predicted molar refractivity (Wildman–Crippen MR) is 134 cm³/mol. The average Bonchev–Trinajstić information content (AvgIpc) is 3.31. The summed E-state index contributed by atoms with van der Waals surface area (Å²) in [5.41, 5.74) is 1.55. The van der Waals surface area contributed by atoms with Crippen LogP contribution in [0.3, 0.4) is 0 Å². The molecule has 1 atom stereocenters. The second-order valence-corrected chi connectivity index (χ2v) is 8.64. The van der Waals surface area contributed by atoms with E-state index in [1.165, 1.54) is 6.07 Å². The summed E-state index contributed by atoms with van der Waals surface area (Å²) in [5.74, 6) is 1.16. The van der Waals surface area contributed by atoms with Crippen LogP contribution in [0, 0.1) is 5.82 Å². The van der Waals surface area contributed by atoms with Gasteiger partial charge in [0.25, 0.3) is 0 Å². The minimum atomic E-state index is -0.333. The Morgan fingerprint density at radius 2 is 2.00 bits per heavy atom. The standard InChI is InChI=1S/C25H32ClFN2O3S/c1-3-30-23-11-10-18(15-24(23)31-4-2)12-13-28-25(33)29(16-19-7-6-14-32-19)17-20-21(26)8-5-9-22(20)27/h5,8-11,15,19H,3-4,6-7,12-14,16-17H2,1-2H3,(H,28,33)/t19-/m1/s1. The summed E-state index contributed by atoms with van der Waals surface area (Å²) < 4.78 is 31.6. The fraction of sp³-hybridized carbons (Fsp3) is 0.480. The third-order valence-corrected chi connectivity index (χ3v) is 6.20. The maximum atomic E-state index is 14.4. The van der Waals surface area contributed by atoms with Crippen LogP contribution in [0.15, 0.2) is 36.4 Å². The van der Waals surface area contributed by atoms with Gasteiger partial charge in [-0.25, -0.2) is 4.39 Å². The number of halogens is 2. The van der Waals surface area contributed by atoms with Crippen LogP contribution in [0.4, 0.5) is 4.39 Å². The highest BCUT2D eigenvalue weighted by molar-refractivity contribution is 7.80. The molecule has 1 saturated heterocycles. The topological polar surface area (TPSA) is 43.0 Å². The van der Waals surface area contributed by atoms with Crippen molar-refractivity contribution in [2.75, 3.05) is 32.9 Å². The van der Waals surface area contributed by atoms with Gasteiger partial charge >= 0.3 is 0 Å². The second kappa shape index (κ2) is 13.0. The van der Waals surface area contributed by atoms with Crippen molar-refractivity contribution in [3.05, 3.63) is 58.4 Å². The summed E-state index contributed by atoms with van der Waals surface area (Å²) in [7, 11) is 0. The number of hydrogen-bond donors (Lipinski definition) is 1. The zero-order valence-electron chi connectivity index (χ0n) is 19.2. The number of nitrogens with zero attached hydrogens (tertiary/aromatic N) is 1. The fourth-order valence-electron chi connectivity index (χ4n) is 3.80. The summed E-state index contributed by atoms with van der Waals surface area (Å²) in [6.07, 6.45) is 2.83. The van der Waals surface area contributed by atoms with Gasteiger partial charge in [-0.15, -0.1) is 0 Å². The van der Waals surface area contributed by atoms with Crippen molar-refractivity contribution in [1.82, 2.24) is 10.2 Å². The molecular weight excluding hydrogens is 463 g/mol. The fourth-order valence-corrected chi connectivity index (χ4v) is 4.27. The van der Waals surface area contributed by atoms with Gasteiger partial charge in [-0.05, 0) is 75.2 Å². The Kier molecular flexibility index (Phi) is 10.0. The van der Waals surface area contributed by atoms with Gasteiger partial charge in [0.15, 0.2) is 16.6 Å². The van der Waals surface area contributed by atoms with Crippen molar-refractivity contribution in [2.45, 2.75) is 45.8 Å². The summed E-state index contributed by atoms with van der Waals surface area (Å²) in [4.78, 5) is 1.94. The molecule has 33 heavy (non-hydrogen) atoms. The second-order valence-electron chi connectivity index (χ2n) is 7.84. The highest BCUT2D eigenvalue weighted by atomic mass is 35.5. The van der Waals surface area contributed by atoms with Crippen LogP contribution in [0.25, 0.3) is 0 Å². The Balaban J connectivity index is 1.63.